The van der Waals surface area contributed by atoms with E-state index in [1.807, 2.05) is 26.0 Å². The maximum absolute atomic E-state index is 5.85. The molecule has 0 saturated carbocycles. The van der Waals surface area contributed by atoms with E-state index in [0.29, 0.717) is 16.2 Å². The van der Waals surface area contributed by atoms with Crippen molar-refractivity contribution >= 4 is 47.8 Å². The molecule has 0 unspecified atom stereocenters. The van der Waals surface area contributed by atoms with Gasteiger partial charge in [0.1, 0.15) is 21.9 Å². The van der Waals surface area contributed by atoms with Crippen LogP contribution in [-0.2, 0) is 0 Å². The van der Waals surface area contributed by atoms with Crippen LogP contribution in [0, 0.1) is 0 Å². The van der Waals surface area contributed by atoms with Gasteiger partial charge < -0.3 is 9.47 Å². The minimum Gasteiger partial charge on any atom is -0.496 e. The van der Waals surface area contributed by atoms with Gasteiger partial charge in [-0.25, -0.2) is 4.98 Å². The largest absolute Gasteiger partial charge is 0.496 e. The van der Waals surface area contributed by atoms with Crippen LogP contribution >= 0.6 is 47.8 Å². The molecular weight excluding hydrogens is 468 g/mol. The van der Waals surface area contributed by atoms with Gasteiger partial charge in [-0.2, -0.15) is 4.98 Å². The van der Waals surface area contributed by atoms with Gasteiger partial charge in [-0.15, -0.1) is 0 Å². The quantitative estimate of drug-likeness (QED) is 0.527. The molecule has 4 nitrogen and oxygen atoms in total. The zero-order valence-corrected chi connectivity index (χ0v) is 16.4. The highest BCUT2D eigenvalue weighted by Crippen LogP contribution is 2.38. The molecule has 1 aromatic heterocycles. The summed E-state index contributed by atoms with van der Waals surface area (Å²) < 4.78 is 13.4. The number of benzene rings is 1. The molecular formula is C14H13Br3N2O2. The molecule has 0 atom stereocenters. The number of methoxy groups -OCH3 is 1. The van der Waals surface area contributed by atoms with E-state index in [1.165, 1.54) is 0 Å². The third kappa shape index (κ3) is 4.17. The number of nitrogens with zero attached hydrogens (tertiary/aromatic N) is 2. The predicted octanol–water partition coefficient (Wildman–Crippen LogP) is 5.69. The lowest BCUT2D eigenvalue weighted by Crippen LogP contribution is -2.00. The van der Waals surface area contributed by atoms with Gasteiger partial charge >= 0.3 is 0 Å². The van der Waals surface area contributed by atoms with E-state index in [2.05, 4.69) is 57.8 Å². The van der Waals surface area contributed by atoms with Gasteiger partial charge in [0.2, 0.25) is 5.88 Å². The Hall–Kier alpha value is -0.660. The number of rotatable bonds is 4. The first-order valence-corrected chi connectivity index (χ1v) is 8.54. The molecule has 21 heavy (non-hydrogen) atoms. The van der Waals surface area contributed by atoms with Crippen LogP contribution in [0.1, 0.15) is 25.6 Å². The molecule has 0 aliphatic carbocycles. The minimum atomic E-state index is 0.218. The molecule has 0 bridgehead atoms. The van der Waals surface area contributed by atoms with E-state index in [4.69, 9.17) is 9.47 Å². The van der Waals surface area contributed by atoms with E-state index in [0.717, 1.165) is 20.5 Å². The van der Waals surface area contributed by atoms with Gasteiger partial charge in [-0.05, 0) is 59.9 Å². The highest BCUT2D eigenvalue weighted by Gasteiger charge is 2.12. The van der Waals surface area contributed by atoms with E-state index in [1.54, 1.807) is 13.2 Å². The lowest BCUT2D eigenvalue weighted by molar-refractivity contribution is 0.408. The molecule has 112 valence electrons. The van der Waals surface area contributed by atoms with Crippen molar-refractivity contribution in [3.05, 3.63) is 37.6 Å². The molecule has 7 heteroatoms. The molecule has 0 amide bonds. The molecule has 0 radical (unpaired) electrons. The maximum Gasteiger partial charge on any atom is 0.223 e. The van der Waals surface area contributed by atoms with Gasteiger partial charge in [-0.1, -0.05) is 13.8 Å². The van der Waals surface area contributed by atoms with Crippen molar-refractivity contribution in [3.63, 3.8) is 0 Å². The summed E-state index contributed by atoms with van der Waals surface area (Å²) in [6.45, 7) is 4.07. The summed E-state index contributed by atoms with van der Waals surface area (Å²) in [7, 11) is 1.61. The SMILES string of the molecule is COc1cc(Br)c(Oc2cc(Br)nc(C(C)C)n2)cc1Br. The number of hydrogen-bond donors (Lipinski definition) is 0. The number of halogens is 3. The Morgan fingerprint density at radius 2 is 1.57 bits per heavy atom. The molecule has 0 aliphatic heterocycles. The Labute approximate surface area is 148 Å². The van der Waals surface area contributed by atoms with Crippen LogP contribution in [0.4, 0.5) is 0 Å². The fourth-order valence-corrected chi connectivity index (χ4v) is 2.85. The smallest absolute Gasteiger partial charge is 0.223 e. The molecule has 0 spiro atoms. The maximum atomic E-state index is 5.85. The number of ether oxygens (including phenoxy) is 2. The molecule has 1 aromatic carbocycles. The van der Waals surface area contributed by atoms with Gasteiger partial charge in [-0.3, -0.25) is 0 Å². The average Bonchev–Trinajstić information content (AvgIpc) is 2.41. The van der Waals surface area contributed by atoms with Crippen molar-refractivity contribution < 1.29 is 9.47 Å². The van der Waals surface area contributed by atoms with Gasteiger partial charge in [0.05, 0.1) is 16.1 Å². The Morgan fingerprint density at radius 3 is 2.19 bits per heavy atom. The molecule has 0 N–H and O–H groups in total. The van der Waals surface area contributed by atoms with Crippen molar-refractivity contribution in [2.45, 2.75) is 19.8 Å². The summed E-state index contributed by atoms with van der Waals surface area (Å²) in [6, 6.07) is 5.39. The molecule has 0 fully saturated rings. The Balaban J connectivity index is 2.36. The molecule has 2 aromatic rings. The number of hydrogen-bond acceptors (Lipinski definition) is 4. The van der Waals surface area contributed by atoms with Crippen molar-refractivity contribution in [2.75, 3.05) is 7.11 Å². The Kier molecular flexibility index (Phi) is 5.62. The van der Waals surface area contributed by atoms with Gasteiger partial charge in [0.15, 0.2) is 0 Å². The van der Waals surface area contributed by atoms with Crippen LogP contribution in [0.25, 0.3) is 0 Å². The summed E-state index contributed by atoms with van der Waals surface area (Å²) in [5.41, 5.74) is 0. The summed E-state index contributed by atoms with van der Waals surface area (Å²) in [6.07, 6.45) is 0. The van der Waals surface area contributed by atoms with Crippen LogP contribution in [0.2, 0.25) is 0 Å². The van der Waals surface area contributed by atoms with Crippen molar-refractivity contribution in [1.29, 1.82) is 0 Å². The molecule has 2 rings (SSSR count). The second-order valence-electron chi connectivity index (χ2n) is 4.56. The van der Waals surface area contributed by atoms with Crippen molar-refractivity contribution in [2.24, 2.45) is 0 Å². The molecule has 1 heterocycles. The van der Waals surface area contributed by atoms with Crippen molar-refractivity contribution in [1.82, 2.24) is 9.97 Å². The average molecular weight is 481 g/mol. The first-order chi connectivity index (χ1) is 9.90. The van der Waals surface area contributed by atoms with E-state index >= 15 is 0 Å². The van der Waals surface area contributed by atoms with Crippen LogP contribution in [0.15, 0.2) is 31.7 Å². The predicted molar refractivity (Wildman–Crippen MR) is 92.3 cm³/mol. The van der Waals surface area contributed by atoms with E-state index in [9.17, 15) is 0 Å². The van der Waals surface area contributed by atoms with Gasteiger partial charge in [0, 0.05) is 12.0 Å². The first kappa shape index (κ1) is 16.7. The molecule has 0 saturated heterocycles. The number of aromatic nitrogens is 2. The Bertz CT molecular complexity index is 663. The lowest BCUT2D eigenvalue weighted by Gasteiger charge is -2.12. The topological polar surface area (TPSA) is 44.2 Å². The summed E-state index contributed by atoms with van der Waals surface area (Å²) in [5, 5.41) is 0. The fourth-order valence-electron chi connectivity index (χ4n) is 1.58. The highest BCUT2D eigenvalue weighted by molar-refractivity contribution is 9.11. The van der Waals surface area contributed by atoms with Crippen molar-refractivity contribution in [3.8, 4) is 17.4 Å². The first-order valence-electron chi connectivity index (χ1n) is 6.16. The standard InChI is InChI=1S/C14H13Br3N2O2/c1-7(2)14-18-12(17)6-13(19-14)21-11-5-8(15)10(20-3)4-9(11)16/h4-7H,1-3H3. The minimum absolute atomic E-state index is 0.218. The second kappa shape index (κ2) is 7.07. The van der Waals surface area contributed by atoms with Crippen LogP contribution in [0.5, 0.6) is 17.4 Å². The summed E-state index contributed by atoms with van der Waals surface area (Å²) in [4.78, 5) is 8.74. The van der Waals surface area contributed by atoms with Crippen LogP contribution in [0.3, 0.4) is 0 Å². The zero-order chi connectivity index (χ0) is 15.6. The highest BCUT2D eigenvalue weighted by atomic mass is 79.9. The lowest BCUT2D eigenvalue weighted by atomic mass is 10.2. The summed E-state index contributed by atoms with van der Waals surface area (Å²) in [5.74, 6) is 2.79. The normalized spacial score (nSPS) is 10.8. The van der Waals surface area contributed by atoms with Crippen LogP contribution in [-0.4, -0.2) is 17.1 Å². The fraction of sp³-hybridized carbons (Fsp3) is 0.286. The zero-order valence-electron chi connectivity index (χ0n) is 11.7. The Morgan fingerprint density at radius 1 is 0.952 bits per heavy atom. The van der Waals surface area contributed by atoms with Crippen LogP contribution < -0.4 is 9.47 Å². The van der Waals surface area contributed by atoms with Gasteiger partial charge in [0.25, 0.3) is 0 Å². The van der Waals surface area contributed by atoms with E-state index in [-0.39, 0.29) is 5.92 Å². The summed E-state index contributed by atoms with van der Waals surface area (Å²) >= 11 is 10.3. The third-order valence-corrected chi connectivity index (χ3v) is 4.27. The monoisotopic (exact) mass is 478 g/mol. The third-order valence-electron chi connectivity index (χ3n) is 2.63. The van der Waals surface area contributed by atoms with E-state index < -0.39 is 0 Å². The second-order valence-corrected chi connectivity index (χ2v) is 7.08. The molecule has 0 aliphatic rings.